The van der Waals surface area contributed by atoms with Crippen molar-refractivity contribution in [2.45, 2.75) is 45.4 Å². The van der Waals surface area contributed by atoms with Gasteiger partial charge in [-0.15, -0.1) is 24.0 Å². The molecule has 19 heavy (non-hydrogen) atoms. The van der Waals surface area contributed by atoms with Crippen molar-refractivity contribution in [3.63, 3.8) is 0 Å². The molecule has 1 saturated carbocycles. The molecule has 2 N–H and O–H groups in total. The van der Waals surface area contributed by atoms with Gasteiger partial charge in [0.1, 0.15) is 0 Å². The summed E-state index contributed by atoms with van der Waals surface area (Å²) in [6.07, 6.45) is 10.2. The second-order valence-electron chi connectivity index (χ2n) is 5.26. The maximum atomic E-state index is 4.30. The Kier molecular flexibility index (Phi) is 11.3. The summed E-state index contributed by atoms with van der Waals surface area (Å²) in [5.41, 5.74) is 0.525. The summed E-state index contributed by atoms with van der Waals surface area (Å²) < 4.78 is 0. The van der Waals surface area contributed by atoms with Crippen molar-refractivity contribution < 1.29 is 0 Å². The highest BCUT2D eigenvalue weighted by atomic mass is 127. The van der Waals surface area contributed by atoms with Gasteiger partial charge in [-0.2, -0.15) is 11.8 Å². The van der Waals surface area contributed by atoms with Crippen molar-refractivity contribution >= 4 is 41.7 Å². The Labute approximate surface area is 140 Å². The lowest BCUT2D eigenvalue weighted by Gasteiger charge is -2.28. The maximum Gasteiger partial charge on any atom is 0.190 e. The summed E-state index contributed by atoms with van der Waals surface area (Å²) in [6, 6.07) is 0. The number of hydrogen-bond acceptors (Lipinski definition) is 2. The Morgan fingerprint density at radius 1 is 1.26 bits per heavy atom. The van der Waals surface area contributed by atoms with Crippen LogP contribution >= 0.6 is 35.7 Å². The Balaban J connectivity index is 0.00000324. The first-order valence-electron chi connectivity index (χ1n) is 7.20. The van der Waals surface area contributed by atoms with Gasteiger partial charge >= 0.3 is 0 Å². The highest BCUT2D eigenvalue weighted by Gasteiger charge is 2.31. The number of nitrogens with one attached hydrogen (secondary N) is 2. The molecular formula is C14H30IN3S. The van der Waals surface area contributed by atoms with Crippen LogP contribution in [0.4, 0.5) is 0 Å². The van der Waals surface area contributed by atoms with Gasteiger partial charge in [0.05, 0.1) is 0 Å². The monoisotopic (exact) mass is 399 g/mol. The van der Waals surface area contributed by atoms with Crippen LogP contribution in [-0.2, 0) is 0 Å². The third-order valence-electron chi connectivity index (χ3n) is 4.09. The molecule has 0 radical (unpaired) electrons. The van der Waals surface area contributed by atoms with Crippen LogP contribution in [0, 0.1) is 5.41 Å². The first kappa shape index (κ1) is 19.4. The zero-order valence-corrected chi connectivity index (χ0v) is 15.8. The zero-order chi connectivity index (χ0) is 13.3. The summed E-state index contributed by atoms with van der Waals surface area (Å²) in [7, 11) is 1.86. The van der Waals surface area contributed by atoms with E-state index in [1.54, 1.807) is 0 Å². The molecule has 1 fully saturated rings. The molecule has 0 amide bonds. The molecule has 0 aromatic carbocycles. The molecule has 114 valence electrons. The number of hydrogen-bond donors (Lipinski definition) is 2. The topological polar surface area (TPSA) is 36.4 Å². The van der Waals surface area contributed by atoms with Crippen LogP contribution in [-0.4, -0.2) is 38.1 Å². The molecule has 0 saturated heterocycles. The summed E-state index contributed by atoms with van der Waals surface area (Å²) in [5.74, 6) is 2.18. The highest BCUT2D eigenvalue weighted by molar-refractivity contribution is 14.0. The predicted molar refractivity (Wildman–Crippen MR) is 99.0 cm³/mol. The summed E-state index contributed by atoms with van der Waals surface area (Å²) in [5, 5.41) is 6.91. The van der Waals surface area contributed by atoms with Crippen LogP contribution in [0.25, 0.3) is 0 Å². The lowest BCUT2D eigenvalue weighted by Crippen LogP contribution is -2.43. The average Bonchev–Trinajstić information content (AvgIpc) is 2.87. The smallest absolute Gasteiger partial charge is 0.190 e. The third kappa shape index (κ3) is 7.06. The standard InChI is InChI=1S/C14H29N3S.HI/c1-4-14(8-5-6-9-14)12-17-13(15-2)16-10-7-11-18-3;/h4-12H2,1-3H3,(H2,15,16,17);1H. The fourth-order valence-electron chi connectivity index (χ4n) is 2.70. The molecule has 1 rings (SSSR count). The second kappa shape index (κ2) is 11.1. The maximum absolute atomic E-state index is 4.30. The summed E-state index contributed by atoms with van der Waals surface area (Å²) >= 11 is 1.90. The number of nitrogens with zero attached hydrogens (tertiary/aromatic N) is 1. The van der Waals surface area contributed by atoms with E-state index in [1.165, 1.54) is 44.3 Å². The minimum Gasteiger partial charge on any atom is -0.356 e. The molecule has 0 aromatic rings. The van der Waals surface area contributed by atoms with Crippen molar-refractivity contribution in [1.82, 2.24) is 10.6 Å². The quantitative estimate of drug-likeness (QED) is 0.298. The average molecular weight is 399 g/mol. The number of rotatable bonds is 7. The van der Waals surface area contributed by atoms with Crippen LogP contribution in [0.1, 0.15) is 45.4 Å². The summed E-state index contributed by atoms with van der Waals surface area (Å²) in [6.45, 7) is 4.41. The molecule has 5 heteroatoms. The fourth-order valence-corrected chi connectivity index (χ4v) is 3.13. The van der Waals surface area contributed by atoms with E-state index in [4.69, 9.17) is 0 Å². The minimum atomic E-state index is 0. The van der Waals surface area contributed by atoms with E-state index >= 15 is 0 Å². The van der Waals surface area contributed by atoms with Crippen LogP contribution in [0.15, 0.2) is 4.99 Å². The van der Waals surface area contributed by atoms with E-state index in [-0.39, 0.29) is 24.0 Å². The van der Waals surface area contributed by atoms with Crippen molar-refractivity contribution in [3.05, 3.63) is 0 Å². The van der Waals surface area contributed by atoms with Gasteiger partial charge in [0.2, 0.25) is 0 Å². The van der Waals surface area contributed by atoms with Gasteiger partial charge in [-0.3, -0.25) is 4.99 Å². The molecule has 0 unspecified atom stereocenters. The Hall–Kier alpha value is 0.350. The van der Waals surface area contributed by atoms with Crippen LogP contribution in [0.5, 0.6) is 0 Å². The predicted octanol–water partition coefficient (Wildman–Crippen LogP) is 3.49. The number of thioether (sulfide) groups is 1. The zero-order valence-electron chi connectivity index (χ0n) is 12.6. The molecule has 0 spiro atoms. The first-order chi connectivity index (χ1) is 8.76. The molecule has 0 bridgehead atoms. The van der Waals surface area contributed by atoms with Gasteiger partial charge in [0.25, 0.3) is 0 Å². The Morgan fingerprint density at radius 3 is 2.47 bits per heavy atom. The van der Waals surface area contributed by atoms with E-state index in [9.17, 15) is 0 Å². The normalized spacial score (nSPS) is 17.9. The highest BCUT2D eigenvalue weighted by Crippen LogP contribution is 2.40. The molecule has 0 heterocycles. The van der Waals surface area contributed by atoms with Gasteiger partial charge in [0.15, 0.2) is 5.96 Å². The largest absolute Gasteiger partial charge is 0.356 e. The van der Waals surface area contributed by atoms with Gasteiger partial charge < -0.3 is 10.6 Å². The van der Waals surface area contributed by atoms with Gasteiger partial charge in [0, 0.05) is 20.1 Å². The van der Waals surface area contributed by atoms with Gasteiger partial charge in [-0.25, -0.2) is 0 Å². The summed E-state index contributed by atoms with van der Waals surface area (Å²) in [4.78, 5) is 4.30. The fraction of sp³-hybridized carbons (Fsp3) is 0.929. The van der Waals surface area contributed by atoms with Crippen molar-refractivity contribution in [3.8, 4) is 0 Å². The number of guanidine groups is 1. The molecule has 3 nitrogen and oxygen atoms in total. The van der Waals surface area contributed by atoms with E-state index in [0.29, 0.717) is 5.41 Å². The van der Waals surface area contributed by atoms with E-state index < -0.39 is 0 Å². The molecular weight excluding hydrogens is 369 g/mol. The molecule has 1 aliphatic carbocycles. The van der Waals surface area contributed by atoms with Crippen molar-refractivity contribution in [2.24, 2.45) is 10.4 Å². The molecule has 0 aromatic heterocycles. The van der Waals surface area contributed by atoms with Crippen LogP contribution < -0.4 is 10.6 Å². The van der Waals surface area contributed by atoms with Gasteiger partial charge in [-0.1, -0.05) is 19.8 Å². The lowest BCUT2D eigenvalue weighted by atomic mass is 9.83. The van der Waals surface area contributed by atoms with E-state index in [0.717, 1.165) is 19.0 Å². The van der Waals surface area contributed by atoms with Crippen LogP contribution in [0.2, 0.25) is 0 Å². The Morgan fingerprint density at radius 2 is 1.95 bits per heavy atom. The van der Waals surface area contributed by atoms with E-state index in [1.807, 2.05) is 18.8 Å². The molecule has 1 aliphatic rings. The van der Waals surface area contributed by atoms with E-state index in [2.05, 4.69) is 28.8 Å². The van der Waals surface area contributed by atoms with Crippen molar-refractivity contribution in [1.29, 1.82) is 0 Å². The lowest BCUT2D eigenvalue weighted by molar-refractivity contribution is 0.283. The number of aliphatic imine (C=N–C) groups is 1. The number of halogens is 1. The van der Waals surface area contributed by atoms with Gasteiger partial charge in [-0.05, 0) is 43.1 Å². The SMILES string of the molecule is CCC1(CNC(=NC)NCCCSC)CCCC1.I. The Bertz CT molecular complexity index is 253. The van der Waals surface area contributed by atoms with Crippen LogP contribution in [0.3, 0.4) is 0 Å². The molecule has 0 aliphatic heterocycles. The van der Waals surface area contributed by atoms with Crippen molar-refractivity contribution in [2.75, 3.05) is 32.1 Å². The minimum absolute atomic E-state index is 0. The molecule has 0 atom stereocenters. The third-order valence-corrected chi connectivity index (χ3v) is 4.78. The second-order valence-corrected chi connectivity index (χ2v) is 6.25. The first-order valence-corrected chi connectivity index (χ1v) is 8.59.